The Hall–Kier alpha value is -2.48. The fourth-order valence-corrected chi connectivity index (χ4v) is 4.05. The first-order valence-electron chi connectivity index (χ1n) is 9.26. The van der Waals surface area contributed by atoms with Gasteiger partial charge >= 0.3 is 0 Å². The molecule has 142 valence electrons. The van der Waals surface area contributed by atoms with Crippen LogP contribution in [0.3, 0.4) is 0 Å². The number of carbonyl (C=O) groups is 1. The summed E-state index contributed by atoms with van der Waals surface area (Å²) >= 11 is 1.60. The fourth-order valence-electron chi connectivity index (χ4n) is 3.50. The van der Waals surface area contributed by atoms with E-state index in [1.807, 2.05) is 36.7 Å². The van der Waals surface area contributed by atoms with Crippen LogP contribution in [-0.4, -0.2) is 43.6 Å². The van der Waals surface area contributed by atoms with E-state index in [0.717, 1.165) is 36.7 Å². The lowest BCUT2D eigenvalue weighted by molar-refractivity contribution is 0.0692. The van der Waals surface area contributed by atoms with E-state index in [0.29, 0.717) is 18.8 Å². The van der Waals surface area contributed by atoms with E-state index in [4.69, 9.17) is 4.52 Å². The van der Waals surface area contributed by atoms with Gasteiger partial charge in [-0.15, -0.1) is 11.3 Å². The maximum absolute atomic E-state index is 12.9. The second kappa shape index (κ2) is 7.64. The highest BCUT2D eigenvalue weighted by atomic mass is 32.1. The number of amides is 1. The Balaban J connectivity index is 1.48. The van der Waals surface area contributed by atoms with Gasteiger partial charge in [-0.2, -0.15) is 0 Å². The number of nitrogens with zero attached hydrogens (tertiary/aromatic N) is 5. The molecule has 3 aromatic heterocycles. The molecule has 3 aromatic rings. The van der Waals surface area contributed by atoms with Crippen molar-refractivity contribution in [2.75, 3.05) is 13.1 Å². The Kier molecular flexibility index (Phi) is 5.07. The van der Waals surface area contributed by atoms with Gasteiger partial charge in [-0.25, -0.2) is 9.97 Å². The number of rotatable bonds is 5. The van der Waals surface area contributed by atoms with Gasteiger partial charge in [-0.1, -0.05) is 19.0 Å². The lowest BCUT2D eigenvalue weighted by atomic mass is 9.96. The van der Waals surface area contributed by atoms with E-state index < -0.39 is 0 Å². The minimum Gasteiger partial charge on any atom is -0.360 e. The number of hydrogen-bond donors (Lipinski definition) is 0. The average Bonchev–Trinajstić information content (AvgIpc) is 3.43. The third kappa shape index (κ3) is 3.80. The molecule has 0 spiro atoms. The molecule has 8 heteroatoms. The molecule has 1 aliphatic heterocycles. The predicted molar refractivity (Wildman–Crippen MR) is 102 cm³/mol. The second-order valence-corrected chi connectivity index (χ2v) is 7.97. The third-order valence-electron chi connectivity index (χ3n) is 4.95. The van der Waals surface area contributed by atoms with Crippen molar-refractivity contribution in [1.82, 2.24) is 24.6 Å². The third-order valence-corrected chi connectivity index (χ3v) is 5.59. The highest BCUT2D eigenvalue weighted by molar-refractivity contribution is 7.07. The van der Waals surface area contributed by atoms with E-state index >= 15 is 0 Å². The molecule has 0 saturated carbocycles. The topological polar surface area (TPSA) is 77.1 Å². The van der Waals surface area contributed by atoms with Crippen LogP contribution in [0.15, 0.2) is 33.9 Å². The highest BCUT2D eigenvalue weighted by Crippen LogP contribution is 2.27. The van der Waals surface area contributed by atoms with Crippen molar-refractivity contribution in [3.05, 3.63) is 52.3 Å². The Labute approximate surface area is 162 Å². The minimum atomic E-state index is -0.0621. The summed E-state index contributed by atoms with van der Waals surface area (Å²) in [5.41, 5.74) is 3.27. The van der Waals surface area contributed by atoms with Gasteiger partial charge < -0.3 is 14.0 Å². The number of aromatic nitrogens is 4. The lowest BCUT2D eigenvalue weighted by Crippen LogP contribution is -2.40. The molecule has 4 heterocycles. The van der Waals surface area contributed by atoms with Gasteiger partial charge in [-0.3, -0.25) is 4.79 Å². The average molecular weight is 385 g/mol. The van der Waals surface area contributed by atoms with Gasteiger partial charge in [0.25, 0.3) is 5.91 Å². The van der Waals surface area contributed by atoms with Crippen LogP contribution in [0.4, 0.5) is 0 Å². The highest BCUT2D eigenvalue weighted by Gasteiger charge is 2.29. The number of carbonyl (C=O) groups excluding carboxylic acids is 1. The molecule has 0 N–H and O–H groups in total. The zero-order valence-corrected chi connectivity index (χ0v) is 16.4. The zero-order chi connectivity index (χ0) is 18.8. The van der Waals surface area contributed by atoms with E-state index in [1.165, 1.54) is 0 Å². The van der Waals surface area contributed by atoms with E-state index in [2.05, 4.69) is 25.1 Å². The van der Waals surface area contributed by atoms with E-state index in [1.54, 1.807) is 17.4 Å². The molecule has 0 bridgehead atoms. The molecule has 0 unspecified atom stereocenters. The number of likely N-dealkylation sites (tertiary alicyclic amines) is 1. The predicted octanol–water partition coefficient (Wildman–Crippen LogP) is 3.52. The molecule has 1 aliphatic rings. The largest absolute Gasteiger partial charge is 0.360 e. The quantitative estimate of drug-likeness (QED) is 0.672. The summed E-state index contributed by atoms with van der Waals surface area (Å²) in [6, 6.07) is 1.76. The number of hydrogen-bond acceptors (Lipinski definition) is 6. The van der Waals surface area contributed by atoms with Gasteiger partial charge in [0.15, 0.2) is 5.69 Å². The maximum Gasteiger partial charge on any atom is 0.276 e. The first kappa shape index (κ1) is 17.9. The van der Waals surface area contributed by atoms with E-state index in [9.17, 15) is 4.79 Å². The first-order chi connectivity index (χ1) is 13.1. The molecule has 1 saturated heterocycles. The van der Waals surface area contributed by atoms with Crippen LogP contribution in [0.2, 0.25) is 0 Å². The Morgan fingerprint density at radius 1 is 1.41 bits per heavy atom. The summed E-state index contributed by atoms with van der Waals surface area (Å²) in [6.45, 7) is 6.15. The Morgan fingerprint density at radius 3 is 3.04 bits per heavy atom. The van der Waals surface area contributed by atoms with Gasteiger partial charge in [0, 0.05) is 48.8 Å². The summed E-state index contributed by atoms with van der Waals surface area (Å²) in [4.78, 5) is 23.7. The van der Waals surface area contributed by atoms with Crippen molar-refractivity contribution >= 4 is 17.2 Å². The minimum absolute atomic E-state index is 0.0621. The summed E-state index contributed by atoms with van der Waals surface area (Å²) in [7, 11) is 0. The first-order valence-corrected chi connectivity index (χ1v) is 10.2. The molecule has 1 atom stereocenters. The van der Waals surface area contributed by atoms with Crippen molar-refractivity contribution in [2.45, 2.75) is 45.1 Å². The smallest absolute Gasteiger partial charge is 0.276 e. The SMILES string of the molecule is CC(C)c1cc(C(=O)N2CCC[C@H](c3nccn3Cc3cscn3)C2)no1. The van der Waals surface area contributed by atoms with Crippen molar-refractivity contribution in [3.63, 3.8) is 0 Å². The molecule has 0 aromatic carbocycles. The maximum atomic E-state index is 12.9. The summed E-state index contributed by atoms with van der Waals surface area (Å²) in [5, 5.41) is 6.03. The second-order valence-electron chi connectivity index (χ2n) is 7.25. The summed E-state index contributed by atoms with van der Waals surface area (Å²) in [5.74, 6) is 2.13. The molecule has 1 amide bonds. The van der Waals surface area contributed by atoms with Crippen molar-refractivity contribution < 1.29 is 9.32 Å². The van der Waals surface area contributed by atoms with Crippen molar-refractivity contribution in [2.24, 2.45) is 0 Å². The number of piperidine rings is 1. The Bertz CT molecular complexity index is 899. The molecule has 0 radical (unpaired) electrons. The standard InChI is InChI=1S/C19H23N5O2S/c1-13(2)17-8-16(22-26-17)19(25)24-6-3-4-14(9-24)18-20-5-7-23(18)10-15-11-27-12-21-15/h5,7-8,11-14H,3-4,6,9-10H2,1-2H3/t14-/m0/s1. The molecular weight excluding hydrogens is 362 g/mol. The summed E-state index contributed by atoms with van der Waals surface area (Å²) < 4.78 is 7.43. The summed E-state index contributed by atoms with van der Waals surface area (Å²) in [6.07, 6.45) is 5.79. The Morgan fingerprint density at radius 2 is 2.30 bits per heavy atom. The van der Waals surface area contributed by atoms with Crippen LogP contribution in [0.25, 0.3) is 0 Å². The normalized spacial score (nSPS) is 17.6. The van der Waals surface area contributed by atoms with Crippen LogP contribution in [0, 0.1) is 0 Å². The van der Waals surface area contributed by atoms with E-state index in [-0.39, 0.29) is 17.7 Å². The molecular formula is C19H23N5O2S. The molecule has 7 nitrogen and oxygen atoms in total. The van der Waals surface area contributed by atoms with Crippen LogP contribution < -0.4 is 0 Å². The van der Waals surface area contributed by atoms with Crippen LogP contribution in [-0.2, 0) is 6.54 Å². The van der Waals surface area contributed by atoms with Gasteiger partial charge in [0.05, 0.1) is 17.7 Å². The van der Waals surface area contributed by atoms with Gasteiger partial charge in [-0.05, 0) is 12.8 Å². The molecule has 27 heavy (non-hydrogen) atoms. The lowest BCUT2D eigenvalue weighted by Gasteiger charge is -2.32. The van der Waals surface area contributed by atoms with Gasteiger partial charge in [0.2, 0.25) is 0 Å². The van der Waals surface area contributed by atoms with Crippen molar-refractivity contribution in [3.8, 4) is 0 Å². The zero-order valence-electron chi connectivity index (χ0n) is 15.5. The molecule has 0 aliphatic carbocycles. The molecule has 4 rings (SSSR count). The molecule has 1 fully saturated rings. The van der Waals surface area contributed by atoms with Crippen LogP contribution in [0.1, 0.15) is 66.3 Å². The van der Waals surface area contributed by atoms with Crippen LogP contribution >= 0.6 is 11.3 Å². The van der Waals surface area contributed by atoms with Crippen LogP contribution in [0.5, 0.6) is 0 Å². The fraction of sp³-hybridized carbons (Fsp3) is 0.474. The number of imidazole rings is 1. The van der Waals surface area contributed by atoms with Gasteiger partial charge in [0.1, 0.15) is 11.6 Å². The van der Waals surface area contributed by atoms with Crippen molar-refractivity contribution in [1.29, 1.82) is 0 Å². The number of thiazole rings is 1. The monoisotopic (exact) mass is 385 g/mol.